The molecule has 2 aromatic rings. The number of halogens is 1. The Balaban J connectivity index is 0.00000242. The third-order valence-corrected chi connectivity index (χ3v) is 3.67. The van der Waals surface area contributed by atoms with Gasteiger partial charge in [0, 0.05) is 25.7 Å². The number of primary amides is 1. The van der Waals surface area contributed by atoms with E-state index in [1.165, 1.54) is 5.56 Å². The molecule has 0 atom stereocenters. The van der Waals surface area contributed by atoms with Crippen LogP contribution in [0.3, 0.4) is 0 Å². The van der Waals surface area contributed by atoms with E-state index in [1.54, 1.807) is 30.5 Å². The Morgan fingerprint density at radius 2 is 1.95 bits per heavy atom. The average molecular weight is 430 g/mol. The van der Waals surface area contributed by atoms with Crippen LogP contribution in [0.2, 0.25) is 0 Å². The summed E-state index contributed by atoms with van der Waals surface area (Å²) in [5.74, 6) is 0.294. The van der Waals surface area contributed by atoms with E-state index in [9.17, 15) is 4.79 Å². The first-order valence-electron chi connectivity index (χ1n) is 6.53. The lowest BCUT2D eigenvalue weighted by atomic mass is 10.1. The first kappa shape index (κ1) is 18.4. The molecular formula is C15H19IN4OS. The number of thiophene rings is 1. The van der Waals surface area contributed by atoms with Crippen LogP contribution in [-0.4, -0.2) is 18.9 Å². The molecule has 1 aromatic carbocycles. The Bertz CT molecular complexity index is 628. The molecule has 1 heterocycles. The number of nitrogens with two attached hydrogens (primary N) is 1. The molecule has 0 aliphatic heterocycles. The summed E-state index contributed by atoms with van der Waals surface area (Å²) in [5.41, 5.74) is 7.98. The molecule has 0 spiro atoms. The number of rotatable bonds is 5. The van der Waals surface area contributed by atoms with Gasteiger partial charge in [0.2, 0.25) is 5.91 Å². The molecule has 118 valence electrons. The average Bonchev–Trinajstić information content (AvgIpc) is 3.01. The number of carbonyl (C=O) groups excluding carboxylic acids is 1. The molecule has 4 N–H and O–H groups in total. The van der Waals surface area contributed by atoms with Crippen molar-refractivity contribution in [2.24, 2.45) is 10.7 Å². The van der Waals surface area contributed by atoms with Crippen LogP contribution in [0.15, 0.2) is 46.1 Å². The molecule has 0 aliphatic rings. The summed E-state index contributed by atoms with van der Waals surface area (Å²) < 4.78 is 0. The predicted octanol–water partition coefficient (Wildman–Crippen LogP) is 2.33. The molecular weight excluding hydrogens is 411 g/mol. The third-order valence-electron chi connectivity index (χ3n) is 2.94. The molecule has 0 aliphatic carbocycles. The number of aliphatic imine (C=N–C) groups is 1. The van der Waals surface area contributed by atoms with Crippen molar-refractivity contribution in [1.82, 2.24) is 10.6 Å². The largest absolute Gasteiger partial charge is 0.366 e. The number of amides is 1. The van der Waals surface area contributed by atoms with Gasteiger partial charge in [-0.05, 0) is 40.1 Å². The van der Waals surface area contributed by atoms with Crippen molar-refractivity contribution in [3.05, 3.63) is 57.8 Å². The fourth-order valence-corrected chi connectivity index (χ4v) is 2.49. The van der Waals surface area contributed by atoms with Crippen molar-refractivity contribution >= 4 is 47.2 Å². The van der Waals surface area contributed by atoms with Crippen molar-refractivity contribution in [2.45, 2.75) is 13.1 Å². The summed E-state index contributed by atoms with van der Waals surface area (Å²) in [6, 6.07) is 9.31. The number of nitrogens with one attached hydrogen (secondary N) is 2. The number of hydrogen-bond donors (Lipinski definition) is 3. The normalized spacial score (nSPS) is 10.7. The van der Waals surface area contributed by atoms with Crippen molar-refractivity contribution in [3.63, 3.8) is 0 Å². The lowest BCUT2D eigenvalue weighted by Crippen LogP contribution is -2.36. The van der Waals surface area contributed by atoms with Crippen molar-refractivity contribution < 1.29 is 4.79 Å². The van der Waals surface area contributed by atoms with E-state index in [2.05, 4.69) is 27.1 Å². The summed E-state index contributed by atoms with van der Waals surface area (Å²) in [7, 11) is 1.72. The molecule has 0 bridgehead atoms. The Hall–Kier alpha value is -1.61. The van der Waals surface area contributed by atoms with Gasteiger partial charge in [-0.2, -0.15) is 11.3 Å². The van der Waals surface area contributed by atoms with Gasteiger partial charge in [-0.25, -0.2) is 0 Å². The van der Waals surface area contributed by atoms with Crippen LogP contribution in [-0.2, 0) is 13.1 Å². The minimum atomic E-state index is -0.420. The molecule has 7 heteroatoms. The summed E-state index contributed by atoms with van der Waals surface area (Å²) in [6.07, 6.45) is 0. The zero-order valence-electron chi connectivity index (χ0n) is 12.2. The van der Waals surface area contributed by atoms with Gasteiger partial charge in [-0.1, -0.05) is 12.1 Å². The molecule has 0 fully saturated rings. The Kier molecular flexibility index (Phi) is 7.89. The second kappa shape index (κ2) is 9.42. The highest BCUT2D eigenvalue weighted by Gasteiger charge is 2.03. The number of carbonyl (C=O) groups is 1. The van der Waals surface area contributed by atoms with E-state index in [1.807, 2.05) is 17.5 Å². The van der Waals surface area contributed by atoms with Crippen LogP contribution in [0.1, 0.15) is 21.5 Å². The minimum Gasteiger partial charge on any atom is -0.366 e. The van der Waals surface area contributed by atoms with E-state index in [-0.39, 0.29) is 24.0 Å². The van der Waals surface area contributed by atoms with Crippen LogP contribution < -0.4 is 16.4 Å². The fraction of sp³-hybridized carbons (Fsp3) is 0.200. The smallest absolute Gasteiger partial charge is 0.248 e. The Morgan fingerprint density at radius 3 is 2.55 bits per heavy atom. The van der Waals surface area contributed by atoms with Crippen LogP contribution >= 0.6 is 35.3 Å². The maximum atomic E-state index is 11.1. The minimum absolute atomic E-state index is 0. The van der Waals surface area contributed by atoms with Gasteiger partial charge in [0.15, 0.2) is 5.96 Å². The summed E-state index contributed by atoms with van der Waals surface area (Å²) in [4.78, 5) is 15.3. The Labute approximate surface area is 151 Å². The molecule has 22 heavy (non-hydrogen) atoms. The summed E-state index contributed by atoms with van der Waals surface area (Å²) >= 11 is 1.67. The van der Waals surface area contributed by atoms with Gasteiger partial charge >= 0.3 is 0 Å². The SMILES string of the molecule is CN=C(NCc1ccsc1)NCc1cccc(C(N)=O)c1.I. The van der Waals surface area contributed by atoms with E-state index in [0.29, 0.717) is 18.1 Å². The lowest BCUT2D eigenvalue weighted by Gasteiger charge is -2.11. The maximum Gasteiger partial charge on any atom is 0.248 e. The van der Waals surface area contributed by atoms with E-state index in [4.69, 9.17) is 5.73 Å². The highest BCUT2D eigenvalue weighted by molar-refractivity contribution is 14.0. The molecule has 0 radical (unpaired) electrons. The predicted molar refractivity (Wildman–Crippen MR) is 102 cm³/mol. The number of nitrogens with zero attached hydrogens (tertiary/aromatic N) is 1. The van der Waals surface area contributed by atoms with E-state index in [0.717, 1.165) is 12.1 Å². The molecule has 0 saturated carbocycles. The lowest BCUT2D eigenvalue weighted by molar-refractivity contribution is 0.1000. The van der Waals surface area contributed by atoms with Gasteiger partial charge in [0.05, 0.1) is 0 Å². The highest BCUT2D eigenvalue weighted by atomic mass is 127. The molecule has 1 amide bonds. The van der Waals surface area contributed by atoms with Crippen LogP contribution in [0.5, 0.6) is 0 Å². The molecule has 0 unspecified atom stereocenters. The monoisotopic (exact) mass is 430 g/mol. The van der Waals surface area contributed by atoms with Crippen molar-refractivity contribution in [1.29, 1.82) is 0 Å². The molecule has 5 nitrogen and oxygen atoms in total. The van der Waals surface area contributed by atoms with Crippen molar-refractivity contribution in [3.8, 4) is 0 Å². The number of guanidine groups is 1. The van der Waals surface area contributed by atoms with Gasteiger partial charge in [-0.15, -0.1) is 24.0 Å². The Morgan fingerprint density at radius 1 is 1.23 bits per heavy atom. The van der Waals surface area contributed by atoms with Gasteiger partial charge in [0.1, 0.15) is 0 Å². The van der Waals surface area contributed by atoms with Gasteiger partial charge in [0.25, 0.3) is 0 Å². The summed E-state index contributed by atoms with van der Waals surface area (Å²) in [6.45, 7) is 1.30. The quantitative estimate of drug-likeness (QED) is 0.387. The van der Waals surface area contributed by atoms with Gasteiger partial charge < -0.3 is 16.4 Å². The summed E-state index contributed by atoms with van der Waals surface area (Å²) in [5, 5.41) is 10.6. The molecule has 2 rings (SSSR count). The zero-order valence-corrected chi connectivity index (χ0v) is 15.4. The fourth-order valence-electron chi connectivity index (χ4n) is 1.82. The number of hydrogen-bond acceptors (Lipinski definition) is 3. The highest BCUT2D eigenvalue weighted by Crippen LogP contribution is 2.06. The first-order valence-corrected chi connectivity index (χ1v) is 7.47. The van der Waals surface area contributed by atoms with Crippen LogP contribution in [0.4, 0.5) is 0 Å². The maximum absolute atomic E-state index is 11.1. The third kappa shape index (κ3) is 5.64. The van der Waals surface area contributed by atoms with Crippen molar-refractivity contribution in [2.75, 3.05) is 7.05 Å². The topological polar surface area (TPSA) is 79.5 Å². The van der Waals surface area contributed by atoms with E-state index >= 15 is 0 Å². The molecule has 1 aromatic heterocycles. The first-order chi connectivity index (χ1) is 10.2. The van der Waals surface area contributed by atoms with Gasteiger partial charge in [-0.3, -0.25) is 9.79 Å². The van der Waals surface area contributed by atoms with Crippen LogP contribution in [0.25, 0.3) is 0 Å². The number of benzene rings is 1. The second-order valence-electron chi connectivity index (χ2n) is 4.48. The second-order valence-corrected chi connectivity index (χ2v) is 5.26. The standard InChI is InChI=1S/C15H18N4OS.HI/c1-17-15(19-9-12-5-6-21-10-12)18-8-11-3-2-4-13(7-11)14(16)20;/h2-7,10H,8-9H2,1H3,(H2,16,20)(H2,17,18,19);1H. The zero-order chi connectivity index (χ0) is 15.1. The van der Waals surface area contributed by atoms with Crippen LogP contribution in [0, 0.1) is 0 Å². The molecule has 0 saturated heterocycles. The van der Waals surface area contributed by atoms with E-state index < -0.39 is 5.91 Å².